The lowest BCUT2D eigenvalue weighted by Crippen LogP contribution is -2.67. The van der Waals surface area contributed by atoms with E-state index in [9.17, 15) is 4.79 Å². The molecule has 1 aliphatic heterocycles. The van der Waals surface area contributed by atoms with Crippen molar-refractivity contribution in [3.63, 3.8) is 0 Å². The molecule has 1 aliphatic rings. The monoisotopic (exact) mass is 458 g/mol. The van der Waals surface area contributed by atoms with Crippen molar-refractivity contribution in [2.24, 2.45) is 0 Å². The average molecular weight is 459 g/mol. The van der Waals surface area contributed by atoms with Gasteiger partial charge < -0.3 is 15.2 Å². The van der Waals surface area contributed by atoms with Crippen molar-refractivity contribution in [1.29, 1.82) is 0 Å². The van der Waals surface area contributed by atoms with Crippen LogP contribution in [0.25, 0.3) is 5.57 Å². The number of ether oxygens (including phenoxy) is 2. The topological polar surface area (TPSA) is 89.0 Å². The molecule has 0 saturated carbocycles. The molecule has 0 amide bonds. The highest BCUT2D eigenvalue weighted by Gasteiger charge is 2.37. The highest BCUT2D eigenvalue weighted by molar-refractivity contribution is 7.98. The number of unbranched alkanes of at least 4 members (excludes halogenated alkanes) is 3. The van der Waals surface area contributed by atoms with Crippen LogP contribution in [0.1, 0.15) is 58.1 Å². The fraction of sp³-hybridized carbons (Fsp3) is 0.762. The summed E-state index contributed by atoms with van der Waals surface area (Å²) in [6.45, 7) is 6.50. The number of carbonyl (C=O) groups is 1. The van der Waals surface area contributed by atoms with Crippen LogP contribution in [-0.2, 0) is 9.53 Å². The summed E-state index contributed by atoms with van der Waals surface area (Å²) in [6, 6.07) is -0.318. The molecule has 3 atom stereocenters. The quantitative estimate of drug-likeness (QED) is 0.278. The highest BCUT2D eigenvalue weighted by Crippen LogP contribution is 2.31. The van der Waals surface area contributed by atoms with Gasteiger partial charge in [0.1, 0.15) is 12.2 Å². The molecule has 0 spiro atoms. The second-order valence-corrected chi connectivity index (χ2v) is 9.73. The van der Waals surface area contributed by atoms with Gasteiger partial charge in [0.2, 0.25) is 6.23 Å². The largest absolute Gasteiger partial charge is 0.475 e. The van der Waals surface area contributed by atoms with E-state index < -0.39 is 0 Å². The van der Waals surface area contributed by atoms with Crippen molar-refractivity contribution >= 4 is 35.0 Å². The first-order chi connectivity index (χ1) is 14.4. The molecule has 2 heterocycles. The lowest BCUT2D eigenvalue weighted by molar-refractivity contribution is -0.944. The Morgan fingerprint density at radius 2 is 2.17 bits per heavy atom. The number of rotatable bonds is 13. The Morgan fingerprint density at radius 1 is 1.37 bits per heavy atom. The van der Waals surface area contributed by atoms with Crippen molar-refractivity contribution < 1.29 is 24.5 Å². The van der Waals surface area contributed by atoms with Crippen LogP contribution in [-0.4, -0.2) is 70.2 Å². The Morgan fingerprint density at radius 3 is 2.90 bits per heavy atom. The van der Waals surface area contributed by atoms with Crippen LogP contribution in [0.15, 0.2) is 6.08 Å². The standard InChI is InChI=1S/C21H37N4O3S2/c1-5-6-7-8-13-27-20-19(23-30-24-20)17-10-9-12-25(3,15-17)16(2)28-21(26)18(22)11-14-29-4/h10,16,18H,5-9,11-15,22H2,1-4H3/q+1/p+1/t16-,18-,25?/m0/s1. The molecule has 0 bridgehead atoms. The molecule has 0 fully saturated rings. The Hall–Kier alpha value is -1.16. The van der Waals surface area contributed by atoms with Crippen LogP contribution in [0.5, 0.6) is 5.88 Å². The molecular weight excluding hydrogens is 420 g/mol. The summed E-state index contributed by atoms with van der Waals surface area (Å²) < 4.78 is 21.3. The van der Waals surface area contributed by atoms with E-state index in [0.29, 0.717) is 17.0 Å². The Bertz CT molecular complexity index is 698. The van der Waals surface area contributed by atoms with Gasteiger partial charge in [-0.3, -0.25) is 4.48 Å². The number of hydrogen-bond acceptors (Lipinski definition) is 7. The molecule has 0 aliphatic carbocycles. The second kappa shape index (κ2) is 12.6. The number of nitrogens with zero attached hydrogens (tertiary/aromatic N) is 3. The summed E-state index contributed by atoms with van der Waals surface area (Å²) in [4.78, 5) is 12.4. The molecule has 0 saturated heterocycles. The summed E-state index contributed by atoms with van der Waals surface area (Å²) in [5, 5.41) is 0. The van der Waals surface area contributed by atoms with Gasteiger partial charge in [-0.05, 0) is 18.4 Å². The zero-order chi connectivity index (χ0) is 22.0. The third kappa shape index (κ3) is 7.21. The molecule has 1 aromatic rings. The van der Waals surface area contributed by atoms with Gasteiger partial charge in [-0.1, -0.05) is 32.3 Å². The molecule has 7 nitrogen and oxygen atoms in total. The fourth-order valence-electron chi connectivity index (χ4n) is 3.49. The SMILES string of the molecule is CCCCCCOc1nsnc1C1=CCC[N+](C)([C@H](C)OC(=O)[C@@H]([NH3+])CCSC)C1. The molecule has 1 aromatic heterocycles. The third-order valence-electron chi connectivity index (χ3n) is 5.73. The summed E-state index contributed by atoms with van der Waals surface area (Å²) in [6.07, 6.45) is 10.3. The summed E-state index contributed by atoms with van der Waals surface area (Å²) in [5.41, 5.74) is 5.93. The van der Waals surface area contributed by atoms with Crippen molar-refractivity contribution in [1.82, 2.24) is 8.75 Å². The number of aromatic nitrogens is 2. The zero-order valence-electron chi connectivity index (χ0n) is 18.9. The van der Waals surface area contributed by atoms with E-state index in [1.807, 2.05) is 13.2 Å². The first-order valence-electron chi connectivity index (χ1n) is 10.9. The number of likely N-dealkylation sites (N-methyl/N-ethyl adjacent to an activating group) is 1. The highest BCUT2D eigenvalue weighted by atomic mass is 32.2. The molecule has 2 rings (SSSR count). The van der Waals surface area contributed by atoms with E-state index in [-0.39, 0.29) is 18.2 Å². The minimum atomic E-state index is -0.318. The first-order valence-corrected chi connectivity index (χ1v) is 13.0. The molecule has 9 heteroatoms. The van der Waals surface area contributed by atoms with Crippen molar-refractivity contribution in [3.8, 4) is 5.88 Å². The maximum Gasteiger partial charge on any atom is 0.369 e. The lowest BCUT2D eigenvalue weighted by Gasteiger charge is -2.41. The molecular formula is C21H38N4O3S2+2. The lowest BCUT2D eigenvalue weighted by atomic mass is 10.0. The van der Waals surface area contributed by atoms with E-state index in [4.69, 9.17) is 9.47 Å². The minimum absolute atomic E-state index is 0.210. The van der Waals surface area contributed by atoms with Crippen LogP contribution in [0.2, 0.25) is 0 Å². The Labute approximate surface area is 189 Å². The van der Waals surface area contributed by atoms with Gasteiger partial charge in [0, 0.05) is 25.3 Å². The molecule has 1 unspecified atom stereocenters. The first kappa shape index (κ1) is 25.1. The van der Waals surface area contributed by atoms with Crippen molar-refractivity contribution in [3.05, 3.63) is 11.8 Å². The van der Waals surface area contributed by atoms with Gasteiger partial charge in [-0.25, -0.2) is 4.79 Å². The molecule has 0 radical (unpaired) electrons. The normalized spacial score (nSPS) is 21.0. The number of thioether (sulfide) groups is 1. The zero-order valence-corrected chi connectivity index (χ0v) is 20.5. The van der Waals surface area contributed by atoms with Gasteiger partial charge in [0.15, 0.2) is 6.04 Å². The predicted molar refractivity (Wildman–Crippen MR) is 123 cm³/mol. The van der Waals surface area contributed by atoms with E-state index in [0.717, 1.165) is 49.4 Å². The van der Waals surface area contributed by atoms with Crippen LogP contribution < -0.4 is 10.5 Å². The number of carbonyl (C=O) groups excluding carboxylic acids is 1. The average Bonchev–Trinajstić information content (AvgIpc) is 3.20. The summed E-state index contributed by atoms with van der Waals surface area (Å²) in [5.74, 6) is 1.34. The third-order valence-corrected chi connectivity index (χ3v) is 6.89. The number of esters is 1. The summed E-state index contributed by atoms with van der Waals surface area (Å²) in [7, 11) is 2.13. The predicted octanol–water partition coefficient (Wildman–Crippen LogP) is 2.98. The van der Waals surface area contributed by atoms with Gasteiger partial charge in [-0.2, -0.15) is 16.1 Å². The van der Waals surface area contributed by atoms with Gasteiger partial charge in [0.25, 0.3) is 5.88 Å². The van der Waals surface area contributed by atoms with Gasteiger partial charge in [-0.15, -0.1) is 4.37 Å². The second-order valence-electron chi connectivity index (χ2n) is 8.22. The van der Waals surface area contributed by atoms with E-state index in [1.54, 1.807) is 11.8 Å². The fourth-order valence-corrected chi connectivity index (χ4v) is 4.54. The Balaban J connectivity index is 1.96. The molecule has 170 valence electrons. The molecule has 30 heavy (non-hydrogen) atoms. The van der Waals surface area contributed by atoms with E-state index in [1.165, 1.54) is 31.0 Å². The van der Waals surface area contributed by atoms with Crippen molar-refractivity contribution in [2.75, 3.05) is 38.8 Å². The molecule has 0 aromatic carbocycles. The van der Waals surface area contributed by atoms with Crippen molar-refractivity contribution in [2.45, 2.75) is 64.6 Å². The van der Waals surface area contributed by atoms with Crippen LogP contribution in [0, 0.1) is 0 Å². The van der Waals surface area contributed by atoms with Gasteiger partial charge in [0.05, 0.1) is 31.9 Å². The van der Waals surface area contributed by atoms with Crippen LogP contribution in [0.4, 0.5) is 0 Å². The maximum absolute atomic E-state index is 12.4. The van der Waals surface area contributed by atoms with Crippen LogP contribution >= 0.6 is 23.5 Å². The summed E-state index contributed by atoms with van der Waals surface area (Å²) >= 11 is 2.91. The molecule has 3 N–H and O–H groups in total. The number of quaternary nitrogens is 2. The van der Waals surface area contributed by atoms with Crippen LogP contribution in [0.3, 0.4) is 0 Å². The minimum Gasteiger partial charge on any atom is -0.475 e. The van der Waals surface area contributed by atoms with E-state index in [2.05, 4.69) is 34.5 Å². The maximum atomic E-state index is 12.4. The smallest absolute Gasteiger partial charge is 0.369 e. The number of hydrogen-bond donors (Lipinski definition) is 1. The Kier molecular flexibility index (Phi) is 10.6. The van der Waals surface area contributed by atoms with E-state index >= 15 is 0 Å². The van der Waals surface area contributed by atoms with Gasteiger partial charge >= 0.3 is 5.97 Å².